The summed E-state index contributed by atoms with van der Waals surface area (Å²) in [5.74, 6) is 5.33. The third-order valence-corrected chi connectivity index (χ3v) is 4.97. The molecule has 0 heterocycles. The van der Waals surface area contributed by atoms with Gasteiger partial charge in [-0.05, 0) is 36.8 Å². The molecule has 0 aliphatic carbocycles. The number of para-hydroxylation sites is 1. The minimum atomic E-state index is -3.84. The predicted molar refractivity (Wildman–Crippen MR) is 86.3 cm³/mol. The van der Waals surface area contributed by atoms with Gasteiger partial charge in [-0.3, -0.25) is 10.6 Å². The number of benzene rings is 2. The molecule has 0 amide bonds. The SMILES string of the molecule is Cc1cc(Cl)c(NS(=O)(=O)c2ccccc2NN)cc1Cl. The van der Waals surface area contributed by atoms with Crippen molar-refractivity contribution in [1.82, 2.24) is 0 Å². The molecule has 8 heteroatoms. The minimum absolute atomic E-state index is 0.0141. The summed E-state index contributed by atoms with van der Waals surface area (Å²) in [5, 5.41) is 0.681. The molecule has 0 aliphatic heterocycles. The Morgan fingerprint density at radius 3 is 2.38 bits per heavy atom. The second-order valence-electron chi connectivity index (χ2n) is 4.33. The standard InChI is InChI=1S/C13H13Cl2N3O2S/c1-8-6-10(15)12(7-9(8)14)18-21(19,20)13-5-3-2-4-11(13)17-16/h2-7,17-18H,16H2,1H3. The molecular formula is C13H13Cl2N3O2S. The van der Waals surface area contributed by atoms with Gasteiger partial charge in [-0.2, -0.15) is 0 Å². The zero-order valence-corrected chi connectivity index (χ0v) is 13.4. The van der Waals surface area contributed by atoms with Crippen molar-refractivity contribution in [2.75, 3.05) is 10.1 Å². The lowest BCUT2D eigenvalue weighted by molar-refractivity contribution is 0.601. The molecular weight excluding hydrogens is 333 g/mol. The molecule has 112 valence electrons. The Morgan fingerprint density at radius 2 is 1.71 bits per heavy atom. The monoisotopic (exact) mass is 345 g/mol. The molecule has 2 aromatic carbocycles. The smallest absolute Gasteiger partial charge is 0.264 e. The lowest BCUT2D eigenvalue weighted by atomic mass is 10.2. The van der Waals surface area contributed by atoms with Gasteiger partial charge in [0, 0.05) is 5.02 Å². The highest BCUT2D eigenvalue weighted by Gasteiger charge is 2.19. The summed E-state index contributed by atoms with van der Waals surface area (Å²) < 4.78 is 27.2. The van der Waals surface area contributed by atoms with Gasteiger partial charge in [0.2, 0.25) is 0 Å². The van der Waals surface area contributed by atoms with E-state index in [0.717, 1.165) is 5.56 Å². The number of anilines is 2. The van der Waals surface area contributed by atoms with Crippen LogP contribution in [0.15, 0.2) is 41.3 Å². The molecule has 0 radical (unpaired) electrons. The number of hydrogen-bond donors (Lipinski definition) is 3. The Kier molecular flexibility index (Phi) is 4.63. The predicted octanol–water partition coefficient (Wildman–Crippen LogP) is 3.39. The van der Waals surface area contributed by atoms with Crippen LogP contribution in [-0.4, -0.2) is 8.42 Å². The molecule has 0 unspecified atom stereocenters. The van der Waals surface area contributed by atoms with Crippen molar-refractivity contribution in [3.05, 3.63) is 52.0 Å². The van der Waals surface area contributed by atoms with E-state index in [1.54, 1.807) is 31.2 Å². The van der Waals surface area contributed by atoms with Gasteiger partial charge in [0.05, 0.1) is 16.4 Å². The van der Waals surface area contributed by atoms with E-state index in [-0.39, 0.29) is 21.3 Å². The zero-order valence-electron chi connectivity index (χ0n) is 11.0. The maximum Gasteiger partial charge on any atom is 0.264 e. The van der Waals surface area contributed by atoms with Gasteiger partial charge in [-0.1, -0.05) is 35.3 Å². The number of hydrazine groups is 1. The van der Waals surface area contributed by atoms with E-state index < -0.39 is 10.0 Å². The molecule has 0 saturated carbocycles. The molecule has 0 fully saturated rings. The second-order valence-corrected chi connectivity index (χ2v) is 6.79. The van der Waals surface area contributed by atoms with Crippen molar-refractivity contribution in [2.24, 2.45) is 5.84 Å². The van der Waals surface area contributed by atoms with Gasteiger partial charge >= 0.3 is 0 Å². The summed E-state index contributed by atoms with van der Waals surface area (Å²) in [4.78, 5) is 0.0141. The van der Waals surface area contributed by atoms with Crippen LogP contribution in [0, 0.1) is 6.92 Å². The molecule has 0 saturated heterocycles. The molecule has 0 atom stereocenters. The van der Waals surface area contributed by atoms with Crippen molar-refractivity contribution in [2.45, 2.75) is 11.8 Å². The van der Waals surface area contributed by atoms with E-state index in [4.69, 9.17) is 29.0 Å². The largest absolute Gasteiger partial charge is 0.323 e. The number of sulfonamides is 1. The quantitative estimate of drug-likeness (QED) is 0.585. The molecule has 21 heavy (non-hydrogen) atoms. The number of nitrogens with two attached hydrogens (primary N) is 1. The van der Waals surface area contributed by atoms with E-state index in [1.807, 2.05) is 0 Å². The Balaban J connectivity index is 2.45. The lowest BCUT2D eigenvalue weighted by Gasteiger charge is -2.13. The maximum atomic E-state index is 12.4. The number of hydrogen-bond acceptors (Lipinski definition) is 4. The summed E-state index contributed by atoms with van der Waals surface area (Å²) in [6.07, 6.45) is 0. The number of halogens is 2. The number of nitrogens with one attached hydrogen (secondary N) is 2. The second kappa shape index (κ2) is 6.11. The fourth-order valence-electron chi connectivity index (χ4n) is 1.74. The number of rotatable bonds is 4. The van der Waals surface area contributed by atoms with Crippen LogP contribution >= 0.6 is 23.2 Å². The van der Waals surface area contributed by atoms with Crippen LogP contribution in [-0.2, 0) is 10.0 Å². The van der Waals surface area contributed by atoms with E-state index in [1.165, 1.54) is 12.1 Å². The van der Waals surface area contributed by atoms with E-state index in [0.29, 0.717) is 5.02 Å². The maximum absolute atomic E-state index is 12.4. The van der Waals surface area contributed by atoms with Gasteiger partial charge in [0.15, 0.2) is 0 Å². The molecule has 0 aliphatic rings. The molecule has 0 aromatic heterocycles. The van der Waals surface area contributed by atoms with Crippen molar-refractivity contribution in [3.8, 4) is 0 Å². The van der Waals surface area contributed by atoms with E-state index in [2.05, 4.69) is 10.1 Å². The average molecular weight is 346 g/mol. The summed E-state index contributed by atoms with van der Waals surface area (Å²) >= 11 is 12.0. The van der Waals surface area contributed by atoms with Crippen LogP contribution in [0.5, 0.6) is 0 Å². The topological polar surface area (TPSA) is 84.2 Å². The fraction of sp³-hybridized carbons (Fsp3) is 0.0769. The number of nitrogen functional groups attached to an aromatic ring is 1. The molecule has 0 spiro atoms. The highest BCUT2D eigenvalue weighted by Crippen LogP contribution is 2.31. The van der Waals surface area contributed by atoms with Crippen molar-refractivity contribution in [3.63, 3.8) is 0 Å². The van der Waals surface area contributed by atoms with Gasteiger partial charge in [-0.25, -0.2) is 8.42 Å². The summed E-state index contributed by atoms with van der Waals surface area (Å²) in [5.41, 5.74) is 3.59. The van der Waals surface area contributed by atoms with Crippen LogP contribution in [0.25, 0.3) is 0 Å². The highest BCUT2D eigenvalue weighted by atomic mass is 35.5. The Hall–Kier alpha value is -1.47. The van der Waals surface area contributed by atoms with Gasteiger partial charge in [-0.15, -0.1) is 0 Å². The first-order valence-electron chi connectivity index (χ1n) is 5.89. The number of aryl methyl sites for hydroxylation is 1. The van der Waals surface area contributed by atoms with Crippen LogP contribution in [0.1, 0.15) is 5.56 Å². The summed E-state index contributed by atoms with van der Waals surface area (Å²) in [6.45, 7) is 1.78. The Bertz CT molecular complexity index is 779. The van der Waals surface area contributed by atoms with Crippen molar-refractivity contribution in [1.29, 1.82) is 0 Å². The van der Waals surface area contributed by atoms with Crippen molar-refractivity contribution >= 4 is 44.6 Å². The average Bonchev–Trinajstić information content (AvgIpc) is 2.44. The molecule has 2 aromatic rings. The van der Waals surface area contributed by atoms with Gasteiger partial charge in [0.1, 0.15) is 4.90 Å². The summed E-state index contributed by atoms with van der Waals surface area (Å²) in [7, 11) is -3.84. The Labute approximate surface area is 133 Å². The minimum Gasteiger partial charge on any atom is -0.323 e. The normalized spacial score (nSPS) is 11.2. The third kappa shape index (κ3) is 3.41. The van der Waals surface area contributed by atoms with Crippen LogP contribution in [0.3, 0.4) is 0 Å². The van der Waals surface area contributed by atoms with E-state index >= 15 is 0 Å². The molecule has 5 nitrogen and oxygen atoms in total. The first kappa shape index (κ1) is 15.9. The van der Waals surface area contributed by atoms with E-state index in [9.17, 15) is 8.42 Å². The fourth-order valence-corrected chi connectivity index (χ4v) is 3.47. The van der Waals surface area contributed by atoms with Crippen LogP contribution in [0.2, 0.25) is 10.0 Å². The van der Waals surface area contributed by atoms with Crippen LogP contribution in [0.4, 0.5) is 11.4 Å². The first-order chi connectivity index (χ1) is 9.85. The first-order valence-corrected chi connectivity index (χ1v) is 8.13. The van der Waals surface area contributed by atoms with Gasteiger partial charge < -0.3 is 5.43 Å². The molecule has 0 bridgehead atoms. The Morgan fingerprint density at radius 1 is 1.05 bits per heavy atom. The third-order valence-electron chi connectivity index (χ3n) is 2.82. The van der Waals surface area contributed by atoms with Crippen LogP contribution < -0.4 is 16.0 Å². The van der Waals surface area contributed by atoms with Gasteiger partial charge in [0.25, 0.3) is 10.0 Å². The highest BCUT2D eigenvalue weighted by molar-refractivity contribution is 7.92. The zero-order chi connectivity index (χ0) is 15.6. The lowest BCUT2D eigenvalue weighted by Crippen LogP contribution is -2.17. The van der Waals surface area contributed by atoms with Crippen molar-refractivity contribution < 1.29 is 8.42 Å². The summed E-state index contributed by atoms with van der Waals surface area (Å²) in [6, 6.07) is 9.31. The molecule has 2 rings (SSSR count). The molecule has 4 N–H and O–H groups in total.